The summed E-state index contributed by atoms with van der Waals surface area (Å²) in [6.45, 7) is 8.63. The number of hydrogen-bond donors (Lipinski definition) is 1. The van der Waals surface area contributed by atoms with Crippen LogP contribution in [-0.4, -0.2) is 91.5 Å². The Morgan fingerprint density at radius 1 is 1.04 bits per heavy atom. The molecule has 1 saturated heterocycles. The first-order chi connectivity index (χ1) is 22.0. The smallest absolute Gasteiger partial charge is 0.203 e. The summed E-state index contributed by atoms with van der Waals surface area (Å²) in [7, 11) is 1.75. The number of aryl methyl sites for hydroxylation is 1. The molecule has 1 unspecified atom stereocenters. The van der Waals surface area contributed by atoms with Gasteiger partial charge < -0.3 is 19.5 Å². The summed E-state index contributed by atoms with van der Waals surface area (Å²) in [5.74, 6) is 2.55. The number of likely N-dealkylation sites (tertiary alicyclic amines) is 1. The van der Waals surface area contributed by atoms with Gasteiger partial charge in [-0.1, -0.05) is 43.3 Å². The highest BCUT2D eigenvalue weighted by atomic mass is 16.5. The average Bonchev–Trinajstić information content (AvgIpc) is 3.61. The summed E-state index contributed by atoms with van der Waals surface area (Å²) in [4.78, 5) is 29.4. The van der Waals surface area contributed by atoms with Gasteiger partial charge in [-0.25, -0.2) is 9.97 Å². The number of aromatic nitrogens is 6. The number of aliphatic imine (C=N–C) groups is 1. The fourth-order valence-corrected chi connectivity index (χ4v) is 6.54. The molecule has 232 valence electrons. The molecule has 0 aliphatic carbocycles. The number of ether oxygens (including phenoxy) is 1. The number of nitrogens with zero attached hydrogens (tertiary/aromatic N) is 8. The van der Waals surface area contributed by atoms with Crippen LogP contribution in [0.25, 0.3) is 28.2 Å². The highest BCUT2D eigenvalue weighted by Gasteiger charge is 2.25. The van der Waals surface area contributed by atoms with Gasteiger partial charge in [-0.05, 0) is 43.0 Å². The minimum atomic E-state index is 0.0795. The second-order valence-corrected chi connectivity index (χ2v) is 12.2. The van der Waals surface area contributed by atoms with Crippen LogP contribution >= 0.6 is 0 Å². The summed E-state index contributed by atoms with van der Waals surface area (Å²) in [6, 6.07) is 17.0. The lowest BCUT2D eigenvalue weighted by Crippen LogP contribution is -2.40. The quantitative estimate of drug-likeness (QED) is 0.263. The number of ketones is 1. The molecule has 11 nitrogen and oxygen atoms in total. The summed E-state index contributed by atoms with van der Waals surface area (Å²) in [5.41, 5.74) is 6.48. The van der Waals surface area contributed by atoms with Crippen LogP contribution in [0.5, 0.6) is 0 Å². The molecule has 0 spiro atoms. The SMILES string of the molecule is COCCN1CCC(Nc2nc(-c3nc4cc(C5=NCC(=O)CC5C)ccc4n3Cc3ccccc3)cn3c(C)nnc23)CC1. The molecule has 2 aliphatic rings. The van der Waals surface area contributed by atoms with Crippen LogP contribution in [0.3, 0.4) is 0 Å². The average molecular weight is 606 g/mol. The van der Waals surface area contributed by atoms with E-state index in [4.69, 9.17) is 14.7 Å². The number of carbonyl (C=O) groups excluding carboxylic acids is 1. The number of methoxy groups -OCH3 is 1. The zero-order chi connectivity index (χ0) is 30.9. The molecule has 0 amide bonds. The molecule has 0 saturated carbocycles. The number of carbonyl (C=O) groups is 1. The molecular formula is C34H39N9O2. The van der Waals surface area contributed by atoms with Crippen molar-refractivity contribution in [2.24, 2.45) is 10.9 Å². The highest BCUT2D eigenvalue weighted by Crippen LogP contribution is 2.30. The van der Waals surface area contributed by atoms with Crippen molar-refractivity contribution in [1.82, 2.24) is 34.0 Å². The second-order valence-electron chi connectivity index (χ2n) is 12.2. The number of imidazole rings is 1. The first-order valence-corrected chi connectivity index (χ1v) is 15.8. The molecule has 2 aliphatic heterocycles. The Morgan fingerprint density at radius 2 is 1.87 bits per heavy atom. The maximum absolute atomic E-state index is 12.0. The second kappa shape index (κ2) is 12.5. The van der Waals surface area contributed by atoms with Crippen molar-refractivity contribution >= 4 is 34.0 Å². The van der Waals surface area contributed by atoms with E-state index >= 15 is 0 Å². The van der Waals surface area contributed by atoms with E-state index in [1.165, 1.54) is 5.56 Å². The zero-order valence-corrected chi connectivity index (χ0v) is 26.1. The van der Waals surface area contributed by atoms with Gasteiger partial charge in [0.1, 0.15) is 11.5 Å². The van der Waals surface area contributed by atoms with Crippen molar-refractivity contribution in [3.63, 3.8) is 0 Å². The predicted octanol–water partition coefficient (Wildman–Crippen LogP) is 4.42. The lowest BCUT2D eigenvalue weighted by Gasteiger charge is -2.32. The number of hydrogen-bond acceptors (Lipinski definition) is 9. The Kier molecular flexibility index (Phi) is 8.12. The monoisotopic (exact) mass is 605 g/mol. The number of nitrogens with one attached hydrogen (secondary N) is 1. The van der Waals surface area contributed by atoms with E-state index in [9.17, 15) is 4.79 Å². The number of Topliss-reactive ketones (excluding diaryl/α,β-unsaturated/α-hetero) is 1. The number of fused-ring (bicyclic) bond motifs is 2. The molecule has 3 aromatic heterocycles. The van der Waals surface area contributed by atoms with E-state index in [-0.39, 0.29) is 24.3 Å². The zero-order valence-electron chi connectivity index (χ0n) is 26.1. The van der Waals surface area contributed by atoms with E-state index in [1.54, 1.807) is 7.11 Å². The van der Waals surface area contributed by atoms with Gasteiger partial charge in [-0.2, -0.15) is 0 Å². The fraction of sp³-hybridized carbons (Fsp3) is 0.412. The summed E-state index contributed by atoms with van der Waals surface area (Å²) in [5, 5.41) is 12.6. The predicted molar refractivity (Wildman–Crippen MR) is 175 cm³/mol. The van der Waals surface area contributed by atoms with Crippen molar-refractivity contribution in [1.29, 1.82) is 0 Å². The molecule has 1 fully saturated rings. The third kappa shape index (κ3) is 5.97. The lowest BCUT2D eigenvalue weighted by molar-refractivity contribution is -0.118. The molecule has 5 aromatic rings. The van der Waals surface area contributed by atoms with Crippen molar-refractivity contribution in [2.45, 2.75) is 45.7 Å². The van der Waals surface area contributed by atoms with Gasteiger partial charge in [-0.3, -0.25) is 14.2 Å². The Bertz CT molecular complexity index is 1870. The molecule has 0 bridgehead atoms. The molecule has 1 N–H and O–H groups in total. The van der Waals surface area contributed by atoms with Gasteiger partial charge in [-0.15, -0.1) is 10.2 Å². The van der Waals surface area contributed by atoms with Gasteiger partial charge in [0, 0.05) is 63.6 Å². The molecular weight excluding hydrogens is 566 g/mol. The van der Waals surface area contributed by atoms with Crippen LogP contribution in [0.15, 0.2) is 59.7 Å². The highest BCUT2D eigenvalue weighted by molar-refractivity contribution is 6.08. The van der Waals surface area contributed by atoms with Crippen LogP contribution in [0.4, 0.5) is 5.82 Å². The Morgan fingerprint density at radius 3 is 2.64 bits per heavy atom. The third-order valence-corrected chi connectivity index (χ3v) is 8.98. The van der Waals surface area contributed by atoms with E-state index < -0.39 is 0 Å². The molecule has 11 heteroatoms. The van der Waals surface area contributed by atoms with Gasteiger partial charge in [0.25, 0.3) is 0 Å². The van der Waals surface area contributed by atoms with E-state index in [2.05, 4.69) is 79.4 Å². The summed E-state index contributed by atoms with van der Waals surface area (Å²) in [6.07, 6.45) is 4.54. The first-order valence-electron chi connectivity index (χ1n) is 15.8. The van der Waals surface area contributed by atoms with E-state index in [1.807, 2.05) is 23.6 Å². The van der Waals surface area contributed by atoms with E-state index in [0.717, 1.165) is 84.6 Å². The minimum Gasteiger partial charge on any atom is -0.383 e. The van der Waals surface area contributed by atoms with Crippen molar-refractivity contribution in [2.75, 3.05) is 45.2 Å². The summed E-state index contributed by atoms with van der Waals surface area (Å²) >= 11 is 0. The topological polar surface area (TPSA) is 115 Å². The number of piperidine rings is 1. The van der Waals surface area contributed by atoms with Gasteiger partial charge in [0.15, 0.2) is 17.4 Å². The standard InChI is InChI=1S/C34H39N9O2/c1-22-17-27(44)19-35-31(22)25-9-10-30-28(18-25)38-33(43(30)20-24-7-5-4-6-8-24)29-21-42-23(2)39-40-34(42)32(37-29)36-26-11-13-41(14-12-26)15-16-45-3/h4-10,18,21-22,26H,11-17,19-20H2,1-3H3,(H,36,37). The van der Waals surface area contributed by atoms with Crippen LogP contribution in [0, 0.1) is 12.8 Å². The van der Waals surface area contributed by atoms with Crippen molar-refractivity contribution in [3.8, 4) is 11.5 Å². The number of benzene rings is 2. The van der Waals surface area contributed by atoms with Crippen LogP contribution in [0.2, 0.25) is 0 Å². The van der Waals surface area contributed by atoms with Gasteiger partial charge >= 0.3 is 0 Å². The third-order valence-electron chi connectivity index (χ3n) is 8.98. The molecule has 7 rings (SSSR count). The minimum absolute atomic E-state index is 0.0795. The van der Waals surface area contributed by atoms with E-state index in [0.29, 0.717) is 18.6 Å². The molecule has 5 heterocycles. The van der Waals surface area contributed by atoms with Gasteiger partial charge in [0.2, 0.25) is 5.65 Å². The lowest BCUT2D eigenvalue weighted by atomic mass is 9.91. The first kappa shape index (κ1) is 29.2. The fourth-order valence-electron chi connectivity index (χ4n) is 6.54. The normalized spacial score (nSPS) is 18.2. The van der Waals surface area contributed by atoms with Gasteiger partial charge in [0.05, 0.1) is 24.2 Å². The molecule has 0 radical (unpaired) electrons. The number of anilines is 1. The van der Waals surface area contributed by atoms with Crippen molar-refractivity contribution < 1.29 is 9.53 Å². The largest absolute Gasteiger partial charge is 0.383 e. The number of rotatable bonds is 9. The maximum atomic E-state index is 12.0. The van der Waals surface area contributed by atoms with Crippen LogP contribution in [0.1, 0.15) is 43.1 Å². The van der Waals surface area contributed by atoms with Crippen LogP contribution in [-0.2, 0) is 16.1 Å². The van der Waals surface area contributed by atoms with Crippen molar-refractivity contribution in [3.05, 3.63) is 71.7 Å². The Balaban J connectivity index is 1.29. The Hall–Kier alpha value is -4.48. The molecule has 45 heavy (non-hydrogen) atoms. The molecule has 1 atom stereocenters. The summed E-state index contributed by atoms with van der Waals surface area (Å²) < 4.78 is 9.51. The van der Waals surface area contributed by atoms with Crippen LogP contribution < -0.4 is 5.32 Å². The molecule has 2 aromatic carbocycles. The Labute approximate surface area is 262 Å². The maximum Gasteiger partial charge on any atom is 0.203 e.